The molecule has 0 aliphatic carbocycles. The second-order valence-electron chi connectivity index (χ2n) is 1.40. The van der Waals surface area contributed by atoms with Crippen LogP contribution < -0.4 is 0 Å². The van der Waals surface area contributed by atoms with Gasteiger partial charge in [0.15, 0.2) is 0 Å². The van der Waals surface area contributed by atoms with Crippen LogP contribution in [0.25, 0.3) is 0 Å². The summed E-state index contributed by atoms with van der Waals surface area (Å²) in [5.74, 6) is -0.394. The first-order valence-corrected chi connectivity index (χ1v) is 3.92. The lowest BCUT2D eigenvalue weighted by molar-refractivity contribution is -0.134. The van der Waals surface area contributed by atoms with Gasteiger partial charge < -0.3 is 4.74 Å². The SMILES string of the molecule is C=C(Cl)Cl.C=CC#N.C=CC(=O)OC. The van der Waals surface area contributed by atoms with E-state index in [2.05, 4.69) is 24.5 Å². The average molecular weight is 236 g/mol. The molecule has 0 bridgehead atoms. The standard InChI is InChI=1S/C4H6O2.C3H3N.C2H2Cl2/c1-3-4(5)6-2;1-2-3-4;1-2(3)4/h3H,1H2,2H3;2H,1H2;1H2. The Kier molecular flexibility index (Phi) is 23.5. The minimum absolute atomic E-state index is 0.111. The van der Waals surface area contributed by atoms with Crippen molar-refractivity contribution in [1.82, 2.24) is 0 Å². The summed E-state index contributed by atoms with van der Waals surface area (Å²) in [7, 11) is 1.31. The molecular formula is C9H11Cl2NO2. The highest BCUT2D eigenvalue weighted by atomic mass is 35.5. The van der Waals surface area contributed by atoms with Gasteiger partial charge in [-0.2, -0.15) is 5.26 Å². The number of carbonyl (C=O) groups is 1. The van der Waals surface area contributed by atoms with Crippen LogP contribution in [-0.4, -0.2) is 13.1 Å². The van der Waals surface area contributed by atoms with Crippen LogP contribution >= 0.6 is 23.2 Å². The van der Waals surface area contributed by atoms with Gasteiger partial charge in [0.2, 0.25) is 0 Å². The van der Waals surface area contributed by atoms with Crippen LogP contribution in [0, 0.1) is 11.3 Å². The van der Waals surface area contributed by atoms with E-state index in [0.29, 0.717) is 0 Å². The van der Waals surface area contributed by atoms with Crippen molar-refractivity contribution in [3.05, 3.63) is 36.4 Å². The van der Waals surface area contributed by atoms with E-state index in [0.717, 1.165) is 6.08 Å². The number of hydrogen-bond acceptors (Lipinski definition) is 3. The summed E-state index contributed by atoms with van der Waals surface area (Å²) in [5.41, 5.74) is 0. The molecule has 14 heavy (non-hydrogen) atoms. The number of ether oxygens (including phenoxy) is 1. The van der Waals surface area contributed by atoms with Gasteiger partial charge in [-0.05, 0) is 0 Å². The van der Waals surface area contributed by atoms with Crippen molar-refractivity contribution in [1.29, 1.82) is 5.26 Å². The number of esters is 1. The predicted octanol–water partition coefficient (Wildman–Crippen LogP) is 2.98. The van der Waals surface area contributed by atoms with Crippen LogP contribution in [-0.2, 0) is 9.53 Å². The molecule has 78 valence electrons. The molecule has 0 aromatic carbocycles. The number of halogens is 2. The molecule has 3 nitrogen and oxygen atoms in total. The second kappa shape index (κ2) is 17.7. The largest absolute Gasteiger partial charge is 0.466 e. The van der Waals surface area contributed by atoms with Crippen molar-refractivity contribution in [2.75, 3.05) is 7.11 Å². The molecule has 0 saturated heterocycles. The molecule has 0 amide bonds. The molecule has 0 heterocycles. The number of rotatable bonds is 1. The minimum Gasteiger partial charge on any atom is -0.466 e. The second-order valence-corrected chi connectivity index (χ2v) is 2.51. The van der Waals surface area contributed by atoms with Crippen molar-refractivity contribution in [2.24, 2.45) is 0 Å². The number of nitriles is 1. The van der Waals surface area contributed by atoms with Crippen molar-refractivity contribution >= 4 is 29.2 Å². The molecule has 0 fully saturated rings. The molecule has 0 aliphatic heterocycles. The van der Waals surface area contributed by atoms with Gasteiger partial charge in [-0.3, -0.25) is 0 Å². The topological polar surface area (TPSA) is 50.1 Å². The maximum absolute atomic E-state index is 9.84. The zero-order valence-corrected chi connectivity index (χ0v) is 9.31. The highest BCUT2D eigenvalue weighted by Crippen LogP contribution is 1.98. The fraction of sp³-hybridized carbons (Fsp3) is 0.111. The minimum atomic E-state index is -0.394. The van der Waals surface area contributed by atoms with Gasteiger partial charge in [-0.1, -0.05) is 42.9 Å². The monoisotopic (exact) mass is 235 g/mol. The van der Waals surface area contributed by atoms with E-state index < -0.39 is 5.97 Å². The molecule has 5 heteroatoms. The molecule has 0 spiro atoms. The van der Waals surface area contributed by atoms with Gasteiger partial charge in [0, 0.05) is 12.2 Å². The van der Waals surface area contributed by atoms with Crippen LogP contribution in [0.2, 0.25) is 0 Å². The molecular weight excluding hydrogens is 225 g/mol. The Labute approximate surface area is 93.9 Å². The van der Waals surface area contributed by atoms with E-state index in [9.17, 15) is 4.79 Å². The van der Waals surface area contributed by atoms with Crippen LogP contribution in [0.1, 0.15) is 0 Å². The third-order valence-electron chi connectivity index (χ3n) is 0.459. The van der Waals surface area contributed by atoms with Gasteiger partial charge >= 0.3 is 5.97 Å². The molecule has 0 aliphatic rings. The Balaban J connectivity index is -0.000000135. The summed E-state index contributed by atoms with van der Waals surface area (Å²) >= 11 is 9.69. The predicted molar refractivity (Wildman–Crippen MR) is 58.9 cm³/mol. The smallest absolute Gasteiger partial charge is 0.329 e. The summed E-state index contributed by atoms with van der Waals surface area (Å²) in [6, 6.07) is 1.69. The van der Waals surface area contributed by atoms with Gasteiger partial charge in [0.05, 0.1) is 17.7 Å². The first-order chi connectivity index (χ1) is 6.45. The van der Waals surface area contributed by atoms with E-state index in [-0.39, 0.29) is 4.49 Å². The Morgan fingerprint density at radius 1 is 1.50 bits per heavy atom. The molecule has 0 N–H and O–H groups in total. The highest BCUT2D eigenvalue weighted by Gasteiger charge is 1.81. The van der Waals surface area contributed by atoms with Gasteiger partial charge in [0.25, 0.3) is 0 Å². The number of nitrogens with zero attached hydrogens (tertiary/aromatic N) is 1. The third kappa shape index (κ3) is 72.5. The Morgan fingerprint density at radius 2 is 1.79 bits per heavy atom. The van der Waals surface area contributed by atoms with Crippen molar-refractivity contribution < 1.29 is 9.53 Å². The van der Waals surface area contributed by atoms with Crippen molar-refractivity contribution in [3.8, 4) is 6.07 Å². The first kappa shape index (κ1) is 18.5. The van der Waals surface area contributed by atoms with E-state index in [4.69, 9.17) is 28.5 Å². The van der Waals surface area contributed by atoms with Gasteiger partial charge in [-0.15, -0.1) is 0 Å². The molecule has 0 atom stereocenters. The normalized spacial score (nSPS) is 5.86. The maximum atomic E-state index is 9.84. The summed E-state index contributed by atoms with van der Waals surface area (Å²) in [4.78, 5) is 9.84. The molecule has 0 aromatic heterocycles. The highest BCUT2D eigenvalue weighted by molar-refractivity contribution is 6.55. The van der Waals surface area contributed by atoms with Crippen LogP contribution in [0.4, 0.5) is 0 Å². The van der Waals surface area contributed by atoms with Gasteiger partial charge in [-0.25, -0.2) is 4.79 Å². The van der Waals surface area contributed by atoms with E-state index >= 15 is 0 Å². The molecule has 0 saturated carbocycles. The van der Waals surface area contributed by atoms with Crippen molar-refractivity contribution in [3.63, 3.8) is 0 Å². The Bertz CT molecular complexity index is 227. The summed E-state index contributed by atoms with van der Waals surface area (Å²) < 4.78 is 4.25. The lowest BCUT2D eigenvalue weighted by Crippen LogP contribution is -1.91. The molecule has 0 aromatic rings. The first-order valence-electron chi connectivity index (χ1n) is 3.17. The van der Waals surface area contributed by atoms with E-state index in [1.54, 1.807) is 6.07 Å². The number of methoxy groups -OCH3 is 1. The van der Waals surface area contributed by atoms with Crippen LogP contribution in [0.15, 0.2) is 36.4 Å². The van der Waals surface area contributed by atoms with E-state index in [1.807, 2.05) is 0 Å². The molecule has 0 unspecified atom stereocenters. The van der Waals surface area contributed by atoms with Gasteiger partial charge in [0.1, 0.15) is 0 Å². The maximum Gasteiger partial charge on any atom is 0.329 e. The Morgan fingerprint density at radius 3 is 1.79 bits per heavy atom. The van der Waals surface area contributed by atoms with Crippen LogP contribution in [0.5, 0.6) is 0 Å². The lowest BCUT2D eigenvalue weighted by atomic mass is 10.7. The molecule has 0 radical (unpaired) electrons. The fourth-order valence-electron chi connectivity index (χ4n) is 0.0833. The molecule has 0 rings (SSSR count). The third-order valence-corrected chi connectivity index (χ3v) is 0.459. The number of hydrogen-bond donors (Lipinski definition) is 0. The fourth-order valence-corrected chi connectivity index (χ4v) is 0.0833. The quantitative estimate of drug-likeness (QED) is 0.399. The van der Waals surface area contributed by atoms with E-state index in [1.165, 1.54) is 13.2 Å². The Hall–Kier alpha value is -1.24. The summed E-state index contributed by atoms with van der Waals surface area (Å²) in [6.45, 7) is 9.36. The number of allylic oxidation sites excluding steroid dienone is 1. The number of carbonyl (C=O) groups excluding carboxylic acids is 1. The zero-order chi connectivity index (χ0) is 12.0. The summed E-state index contributed by atoms with van der Waals surface area (Å²) in [6.07, 6.45) is 2.29. The van der Waals surface area contributed by atoms with Crippen LogP contribution in [0.3, 0.4) is 0 Å². The zero-order valence-electron chi connectivity index (χ0n) is 7.80. The lowest BCUT2D eigenvalue weighted by Gasteiger charge is -1.83. The average Bonchev–Trinajstić information content (AvgIpc) is 2.16. The summed E-state index contributed by atoms with van der Waals surface area (Å²) in [5, 5.41) is 7.51. The van der Waals surface area contributed by atoms with Crippen molar-refractivity contribution in [2.45, 2.75) is 0 Å².